The third-order valence-electron chi connectivity index (χ3n) is 3.99. The van der Waals surface area contributed by atoms with Crippen LogP contribution in [0.5, 0.6) is 0 Å². The molecule has 4 unspecified atom stereocenters. The van der Waals surface area contributed by atoms with Crippen LogP contribution in [0.3, 0.4) is 0 Å². The molecule has 0 spiro atoms. The van der Waals surface area contributed by atoms with Crippen molar-refractivity contribution in [3.05, 3.63) is 12.2 Å². The van der Waals surface area contributed by atoms with Crippen LogP contribution < -0.4 is 0 Å². The quantitative estimate of drug-likeness (QED) is 0.526. The fourth-order valence-corrected chi connectivity index (χ4v) is 2.86. The summed E-state index contributed by atoms with van der Waals surface area (Å²) < 4.78 is 0. The minimum absolute atomic E-state index is 0.0494. The van der Waals surface area contributed by atoms with Gasteiger partial charge in [0.25, 0.3) is 0 Å². The van der Waals surface area contributed by atoms with Gasteiger partial charge in [0.2, 0.25) is 0 Å². The van der Waals surface area contributed by atoms with Crippen molar-refractivity contribution < 1.29 is 15.0 Å². The van der Waals surface area contributed by atoms with E-state index in [1.807, 2.05) is 13.0 Å². The van der Waals surface area contributed by atoms with Crippen LogP contribution in [0.2, 0.25) is 0 Å². The average molecular weight is 268 g/mol. The largest absolute Gasteiger partial charge is 0.392 e. The zero-order valence-corrected chi connectivity index (χ0v) is 12.2. The molecular weight excluding hydrogens is 240 g/mol. The average Bonchev–Trinajstić information content (AvgIpc) is 2.62. The molecule has 0 bridgehead atoms. The maximum absolute atomic E-state index is 11.9. The lowest BCUT2D eigenvalue weighted by atomic mass is 9.88. The standard InChI is InChI=1S/C16H28O3/c1-3-5-6-8-13-14(16(19)11-15(13)18)10-9-12(17)7-4-2/h9-10,12-14,16-17,19H,3-8,11H2,1-2H3/b10-9+. The first-order valence-electron chi connectivity index (χ1n) is 7.67. The predicted octanol–water partition coefficient (Wildman–Crippen LogP) is 2.85. The van der Waals surface area contributed by atoms with Gasteiger partial charge in [-0.3, -0.25) is 4.79 Å². The second-order valence-electron chi connectivity index (χ2n) is 5.66. The third-order valence-corrected chi connectivity index (χ3v) is 3.99. The van der Waals surface area contributed by atoms with Crippen LogP contribution in [0.1, 0.15) is 58.8 Å². The summed E-state index contributed by atoms with van der Waals surface area (Å²) in [7, 11) is 0. The molecule has 1 aliphatic rings. The zero-order chi connectivity index (χ0) is 14.3. The molecule has 1 aliphatic carbocycles. The molecule has 0 saturated heterocycles. The van der Waals surface area contributed by atoms with Crippen molar-refractivity contribution >= 4 is 5.78 Å². The van der Waals surface area contributed by atoms with Gasteiger partial charge >= 0.3 is 0 Å². The number of rotatable bonds is 8. The van der Waals surface area contributed by atoms with E-state index in [0.29, 0.717) is 0 Å². The van der Waals surface area contributed by atoms with E-state index >= 15 is 0 Å². The molecule has 4 atom stereocenters. The zero-order valence-electron chi connectivity index (χ0n) is 12.2. The van der Waals surface area contributed by atoms with Gasteiger partial charge in [0.15, 0.2) is 0 Å². The molecule has 3 nitrogen and oxygen atoms in total. The van der Waals surface area contributed by atoms with E-state index in [2.05, 4.69) is 6.92 Å². The molecule has 0 aromatic heterocycles. The van der Waals surface area contributed by atoms with Gasteiger partial charge in [-0.25, -0.2) is 0 Å². The molecule has 0 amide bonds. The van der Waals surface area contributed by atoms with E-state index in [0.717, 1.165) is 38.5 Å². The van der Waals surface area contributed by atoms with Crippen LogP contribution in [0.4, 0.5) is 0 Å². The van der Waals surface area contributed by atoms with Gasteiger partial charge in [-0.15, -0.1) is 0 Å². The molecule has 0 aromatic rings. The Morgan fingerprint density at radius 1 is 1.32 bits per heavy atom. The van der Waals surface area contributed by atoms with E-state index in [4.69, 9.17) is 0 Å². The Kier molecular flexibility index (Phi) is 7.32. The summed E-state index contributed by atoms with van der Waals surface area (Å²) >= 11 is 0. The van der Waals surface area contributed by atoms with Crippen molar-refractivity contribution in [3.8, 4) is 0 Å². The van der Waals surface area contributed by atoms with E-state index in [1.165, 1.54) is 0 Å². The monoisotopic (exact) mass is 268 g/mol. The molecule has 0 radical (unpaired) electrons. The van der Waals surface area contributed by atoms with E-state index < -0.39 is 12.2 Å². The summed E-state index contributed by atoms with van der Waals surface area (Å²) in [6.45, 7) is 4.17. The van der Waals surface area contributed by atoms with Gasteiger partial charge in [-0.1, -0.05) is 51.7 Å². The molecule has 3 heteroatoms. The summed E-state index contributed by atoms with van der Waals surface area (Å²) in [5.74, 6) is 0.0331. The number of hydrogen-bond donors (Lipinski definition) is 2. The summed E-state index contributed by atoms with van der Waals surface area (Å²) in [4.78, 5) is 11.9. The molecular formula is C16H28O3. The fraction of sp³-hybridized carbons (Fsp3) is 0.812. The molecule has 0 aliphatic heterocycles. The summed E-state index contributed by atoms with van der Waals surface area (Å²) in [6.07, 6.45) is 8.71. The Labute approximate surface area is 116 Å². The SMILES string of the molecule is CCCCCC1C(=O)CC(O)C1/C=C/C(O)CCC. The van der Waals surface area contributed by atoms with Crippen molar-refractivity contribution in [2.45, 2.75) is 71.0 Å². The van der Waals surface area contributed by atoms with Crippen molar-refractivity contribution in [2.24, 2.45) is 11.8 Å². The first kappa shape index (κ1) is 16.4. The highest BCUT2D eigenvalue weighted by Gasteiger charge is 2.39. The Morgan fingerprint density at radius 2 is 2.05 bits per heavy atom. The third kappa shape index (κ3) is 5.07. The van der Waals surface area contributed by atoms with Crippen LogP contribution in [0, 0.1) is 11.8 Å². The smallest absolute Gasteiger partial charge is 0.139 e. The summed E-state index contributed by atoms with van der Waals surface area (Å²) in [5, 5.41) is 19.7. The van der Waals surface area contributed by atoms with Gasteiger partial charge in [-0.2, -0.15) is 0 Å². The van der Waals surface area contributed by atoms with Gasteiger partial charge in [-0.05, 0) is 12.8 Å². The molecule has 1 rings (SSSR count). The van der Waals surface area contributed by atoms with Gasteiger partial charge in [0, 0.05) is 18.3 Å². The first-order valence-corrected chi connectivity index (χ1v) is 7.67. The number of carbonyl (C=O) groups excluding carboxylic acids is 1. The number of aliphatic hydroxyl groups excluding tert-OH is 2. The predicted molar refractivity (Wildman–Crippen MR) is 76.8 cm³/mol. The van der Waals surface area contributed by atoms with E-state index in [1.54, 1.807) is 6.08 Å². The molecule has 19 heavy (non-hydrogen) atoms. The lowest BCUT2D eigenvalue weighted by molar-refractivity contribution is -0.121. The normalized spacial score (nSPS) is 29.3. The van der Waals surface area contributed by atoms with Crippen molar-refractivity contribution in [2.75, 3.05) is 0 Å². The van der Waals surface area contributed by atoms with Crippen LogP contribution in [0.25, 0.3) is 0 Å². The second kappa shape index (κ2) is 8.49. The summed E-state index contributed by atoms with van der Waals surface area (Å²) in [6, 6.07) is 0. The van der Waals surface area contributed by atoms with Gasteiger partial charge in [0.1, 0.15) is 5.78 Å². The maximum Gasteiger partial charge on any atom is 0.139 e. The number of ketones is 1. The highest BCUT2D eigenvalue weighted by molar-refractivity contribution is 5.84. The van der Waals surface area contributed by atoms with Crippen molar-refractivity contribution in [1.82, 2.24) is 0 Å². The Morgan fingerprint density at radius 3 is 2.68 bits per heavy atom. The highest BCUT2D eigenvalue weighted by atomic mass is 16.3. The van der Waals surface area contributed by atoms with Gasteiger partial charge in [0.05, 0.1) is 12.2 Å². The Hall–Kier alpha value is -0.670. The van der Waals surface area contributed by atoms with Crippen LogP contribution in [-0.2, 0) is 4.79 Å². The minimum Gasteiger partial charge on any atom is -0.392 e. The van der Waals surface area contributed by atoms with Crippen LogP contribution in [-0.4, -0.2) is 28.2 Å². The number of aliphatic hydroxyl groups is 2. The van der Waals surface area contributed by atoms with Crippen LogP contribution >= 0.6 is 0 Å². The van der Waals surface area contributed by atoms with E-state index in [-0.39, 0.29) is 24.0 Å². The van der Waals surface area contributed by atoms with Crippen LogP contribution in [0.15, 0.2) is 12.2 Å². The number of hydrogen-bond acceptors (Lipinski definition) is 3. The maximum atomic E-state index is 11.9. The highest BCUT2D eigenvalue weighted by Crippen LogP contribution is 2.34. The Balaban J connectivity index is 2.58. The minimum atomic E-state index is -0.566. The van der Waals surface area contributed by atoms with E-state index in [9.17, 15) is 15.0 Å². The number of carbonyl (C=O) groups is 1. The van der Waals surface area contributed by atoms with Crippen molar-refractivity contribution in [1.29, 1.82) is 0 Å². The number of Topliss-reactive ketones (excluding diaryl/α,β-unsaturated/α-hetero) is 1. The number of unbranched alkanes of at least 4 members (excludes halogenated alkanes) is 2. The lowest BCUT2D eigenvalue weighted by Gasteiger charge is -2.17. The van der Waals surface area contributed by atoms with Crippen molar-refractivity contribution in [3.63, 3.8) is 0 Å². The second-order valence-corrected chi connectivity index (χ2v) is 5.66. The lowest BCUT2D eigenvalue weighted by Crippen LogP contribution is -2.19. The molecule has 2 N–H and O–H groups in total. The molecule has 1 fully saturated rings. The fourth-order valence-electron chi connectivity index (χ4n) is 2.86. The topological polar surface area (TPSA) is 57.5 Å². The summed E-state index contributed by atoms with van der Waals surface area (Å²) in [5.41, 5.74) is 0. The molecule has 0 aromatic carbocycles. The Bertz CT molecular complexity index is 298. The molecule has 0 heterocycles. The van der Waals surface area contributed by atoms with Gasteiger partial charge < -0.3 is 10.2 Å². The first-order chi connectivity index (χ1) is 9.10. The molecule has 1 saturated carbocycles. The molecule has 110 valence electrons.